The SMILES string of the molecule is O=C1CN(c2ccc(NC(=O)C3CCCN(C(=O)c4ccoc4)C3)cn2)CCN1. The molecule has 152 valence electrons. The molecule has 0 bridgehead atoms. The lowest BCUT2D eigenvalue weighted by atomic mass is 9.96. The predicted molar refractivity (Wildman–Crippen MR) is 105 cm³/mol. The van der Waals surface area contributed by atoms with Gasteiger partial charge in [0.15, 0.2) is 0 Å². The number of carbonyl (C=O) groups is 3. The molecule has 2 N–H and O–H groups in total. The number of hydrogen-bond acceptors (Lipinski definition) is 6. The average molecular weight is 397 g/mol. The van der Waals surface area contributed by atoms with Crippen molar-refractivity contribution in [3.8, 4) is 0 Å². The first-order chi connectivity index (χ1) is 14.1. The molecule has 9 nitrogen and oxygen atoms in total. The Morgan fingerprint density at radius 3 is 2.86 bits per heavy atom. The number of furan rings is 1. The molecular formula is C20H23N5O4. The summed E-state index contributed by atoms with van der Waals surface area (Å²) in [5.74, 6) is 0.161. The second kappa shape index (κ2) is 8.34. The molecule has 2 aromatic rings. The molecule has 0 spiro atoms. The van der Waals surface area contributed by atoms with E-state index < -0.39 is 0 Å². The van der Waals surface area contributed by atoms with Crippen molar-refractivity contribution in [3.63, 3.8) is 0 Å². The molecule has 2 aliphatic heterocycles. The van der Waals surface area contributed by atoms with Gasteiger partial charge >= 0.3 is 0 Å². The molecule has 3 amide bonds. The topological polar surface area (TPSA) is 108 Å². The quantitative estimate of drug-likeness (QED) is 0.800. The summed E-state index contributed by atoms with van der Waals surface area (Å²) in [6, 6.07) is 5.21. The van der Waals surface area contributed by atoms with Gasteiger partial charge < -0.3 is 24.9 Å². The van der Waals surface area contributed by atoms with E-state index in [9.17, 15) is 14.4 Å². The zero-order valence-electron chi connectivity index (χ0n) is 16.0. The van der Waals surface area contributed by atoms with Crippen molar-refractivity contribution in [2.24, 2.45) is 5.92 Å². The fraction of sp³-hybridized carbons (Fsp3) is 0.400. The van der Waals surface area contributed by atoms with Crippen LogP contribution in [0, 0.1) is 5.92 Å². The number of aromatic nitrogens is 1. The van der Waals surface area contributed by atoms with Crippen LogP contribution in [0.2, 0.25) is 0 Å². The smallest absolute Gasteiger partial charge is 0.257 e. The Labute approximate surface area is 168 Å². The number of hydrogen-bond donors (Lipinski definition) is 2. The van der Waals surface area contributed by atoms with Crippen molar-refractivity contribution in [1.82, 2.24) is 15.2 Å². The minimum Gasteiger partial charge on any atom is -0.472 e. The van der Waals surface area contributed by atoms with Crippen LogP contribution in [0.3, 0.4) is 0 Å². The summed E-state index contributed by atoms with van der Waals surface area (Å²) in [4.78, 5) is 44.7. The maximum atomic E-state index is 12.7. The number of anilines is 2. The summed E-state index contributed by atoms with van der Waals surface area (Å²) in [5, 5.41) is 5.67. The van der Waals surface area contributed by atoms with Crippen molar-refractivity contribution in [2.75, 3.05) is 42.9 Å². The minimum atomic E-state index is -0.273. The maximum Gasteiger partial charge on any atom is 0.257 e. The minimum absolute atomic E-state index is 0.0257. The van der Waals surface area contributed by atoms with Gasteiger partial charge in [0.2, 0.25) is 11.8 Å². The van der Waals surface area contributed by atoms with Crippen molar-refractivity contribution >= 4 is 29.2 Å². The first-order valence-corrected chi connectivity index (χ1v) is 9.70. The highest BCUT2D eigenvalue weighted by molar-refractivity contribution is 5.96. The van der Waals surface area contributed by atoms with Gasteiger partial charge in [0.25, 0.3) is 5.91 Å². The fourth-order valence-corrected chi connectivity index (χ4v) is 3.67. The summed E-state index contributed by atoms with van der Waals surface area (Å²) in [7, 11) is 0. The lowest BCUT2D eigenvalue weighted by Gasteiger charge is -2.31. The van der Waals surface area contributed by atoms with Gasteiger partial charge in [-0.25, -0.2) is 4.98 Å². The number of pyridine rings is 1. The van der Waals surface area contributed by atoms with E-state index in [0.29, 0.717) is 43.2 Å². The van der Waals surface area contributed by atoms with Crippen LogP contribution in [-0.4, -0.2) is 60.3 Å². The van der Waals surface area contributed by atoms with Crippen LogP contribution in [-0.2, 0) is 9.59 Å². The summed E-state index contributed by atoms with van der Waals surface area (Å²) >= 11 is 0. The molecular weight excluding hydrogens is 374 g/mol. The Hall–Kier alpha value is -3.36. The van der Waals surface area contributed by atoms with Crippen LogP contribution >= 0.6 is 0 Å². The highest BCUT2D eigenvalue weighted by atomic mass is 16.3. The molecule has 2 aromatic heterocycles. The van der Waals surface area contributed by atoms with E-state index in [1.165, 1.54) is 12.5 Å². The second-order valence-electron chi connectivity index (χ2n) is 7.27. The van der Waals surface area contributed by atoms with Crippen LogP contribution in [0.5, 0.6) is 0 Å². The first-order valence-electron chi connectivity index (χ1n) is 9.70. The lowest BCUT2D eigenvalue weighted by Crippen LogP contribution is -2.48. The molecule has 0 aromatic carbocycles. The van der Waals surface area contributed by atoms with Gasteiger partial charge in [0.1, 0.15) is 12.1 Å². The van der Waals surface area contributed by atoms with Gasteiger partial charge in [-0.1, -0.05) is 0 Å². The van der Waals surface area contributed by atoms with Crippen molar-refractivity contribution in [2.45, 2.75) is 12.8 Å². The Bertz CT molecular complexity index is 881. The van der Waals surface area contributed by atoms with Crippen LogP contribution in [0.15, 0.2) is 41.3 Å². The van der Waals surface area contributed by atoms with E-state index >= 15 is 0 Å². The fourth-order valence-electron chi connectivity index (χ4n) is 3.67. The Morgan fingerprint density at radius 2 is 2.14 bits per heavy atom. The van der Waals surface area contributed by atoms with E-state index in [1.807, 2.05) is 4.90 Å². The molecule has 0 aliphatic carbocycles. The summed E-state index contributed by atoms with van der Waals surface area (Å²) in [6.45, 7) is 2.58. The van der Waals surface area contributed by atoms with E-state index in [-0.39, 0.29) is 30.2 Å². The molecule has 2 aliphatic rings. The lowest BCUT2D eigenvalue weighted by molar-refractivity contribution is -0.121. The highest BCUT2D eigenvalue weighted by Crippen LogP contribution is 2.21. The van der Waals surface area contributed by atoms with Gasteiger partial charge in [-0.3, -0.25) is 14.4 Å². The normalized spacial score (nSPS) is 19.6. The van der Waals surface area contributed by atoms with E-state index in [2.05, 4.69) is 15.6 Å². The monoisotopic (exact) mass is 397 g/mol. The third-order valence-electron chi connectivity index (χ3n) is 5.23. The molecule has 0 radical (unpaired) electrons. The molecule has 9 heteroatoms. The summed E-state index contributed by atoms with van der Waals surface area (Å²) < 4.78 is 4.98. The molecule has 0 saturated carbocycles. The van der Waals surface area contributed by atoms with Crippen molar-refractivity contribution in [1.29, 1.82) is 0 Å². The zero-order chi connectivity index (χ0) is 20.2. The highest BCUT2D eigenvalue weighted by Gasteiger charge is 2.29. The van der Waals surface area contributed by atoms with Crippen LogP contribution in [0.1, 0.15) is 23.2 Å². The van der Waals surface area contributed by atoms with Crippen LogP contribution in [0.4, 0.5) is 11.5 Å². The van der Waals surface area contributed by atoms with Gasteiger partial charge in [-0.05, 0) is 31.0 Å². The van der Waals surface area contributed by atoms with Gasteiger partial charge in [0.05, 0.1) is 36.2 Å². The molecule has 29 heavy (non-hydrogen) atoms. The largest absolute Gasteiger partial charge is 0.472 e. The Kier molecular flexibility index (Phi) is 5.46. The first kappa shape index (κ1) is 19.0. The molecule has 4 heterocycles. The summed E-state index contributed by atoms with van der Waals surface area (Å²) in [6.07, 6.45) is 5.99. The van der Waals surface area contributed by atoms with Gasteiger partial charge in [0, 0.05) is 26.2 Å². The number of nitrogens with one attached hydrogen (secondary N) is 2. The van der Waals surface area contributed by atoms with E-state index in [4.69, 9.17) is 4.42 Å². The number of piperidine rings is 1. The Balaban J connectivity index is 1.35. The molecule has 4 rings (SSSR count). The number of piperazine rings is 1. The third-order valence-corrected chi connectivity index (χ3v) is 5.23. The van der Waals surface area contributed by atoms with Crippen LogP contribution in [0.25, 0.3) is 0 Å². The van der Waals surface area contributed by atoms with Crippen molar-refractivity contribution < 1.29 is 18.8 Å². The molecule has 2 saturated heterocycles. The van der Waals surface area contributed by atoms with Crippen LogP contribution < -0.4 is 15.5 Å². The Morgan fingerprint density at radius 1 is 1.24 bits per heavy atom. The van der Waals surface area contributed by atoms with Gasteiger partial charge in [-0.2, -0.15) is 0 Å². The summed E-state index contributed by atoms with van der Waals surface area (Å²) in [5.41, 5.74) is 1.09. The number of amides is 3. The number of likely N-dealkylation sites (tertiary alicyclic amines) is 1. The third kappa shape index (κ3) is 4.39. The average Bonchev–Trinajstić information content (AvgIpc) is 3.29. The molecule has 1 atom stereocenters. The zero-order valence-corrected chi connectivity index (χ0v) is 16.0. The number of nitrogens with zero attached hydrogens (tertiary/aromatic N) is 3. The molecule has 2 fully saturated rings. The van der Waals surface area contributed by atoms with E-state index in [0.717, 1.165) is 12.8 Å². The van der Waals surface area contributed by atoms with Crippen molar-refractivity contribution in [3.05, 3.63) is 42.5 Å². The number of carbonyl (C=O) groups excluding carboxylic acids is 3. The number of rotatable bonds is 4. The maximum absolute atomic E-state index is 12.7. The second-order valence-corrected chi connectivity index (χ2v) is 7.27. The standard InChI is InChI=1S/C20H23N5O4/c26-18-12-24(8-6-21-18)17-4-3-16(10-22-17)23-19(27)14-2-1-7-25(11-14)20(28)15-5-9-29-13-15/h3-5,9-10,13-14H,1-2,6-8,11-12H2,(H,21,26)(H,23,27). The van der Waals surface area contributed by atoms with Gasteiger partial charge in [-0.15, -0.1) is 0 Å². The molecule has 1 unspecified atom stereocenters. The predicted octanol–water partition coefficient (Wildman–Crippen LogP) is 1.10. The van der Waals surface area contributed by atoms with E-state index in [1.54, 1.807) is 29.3 Å².